The molecule has 2 nitrogen and oxygen atoms in total. The van der Waals surface area contributed by atoms with Crippen molar-refractivity contribution in [3.63, 3.8) is 0 Å². The van der Waals surface area contributed by atoms with Crippen molar-refractivity contribution in [2.45, 2.75) is 58.3 Å². The van der Waals surface area contributed by atoms with E-state index in [-0.39, 0.29) is 0 Å². The average molecular weight is 182 g/mol. The van der Waals surface area contributed by atoms with E-state index in [1.807, 2.05) is 0 Å². The molecule has 0 aromatic carbocycles. The van der Waals surface area contributed by atoms with Gasteiger partial charge >= 0.3 is 0 Å². The Balaban J connectivity index is 2.99. The lowest BCUT2D eigenvalue weighted by Crippen LogP contribution is -1.95. The van der Waals surface area contributed by atoms with E-state index in [4.69, 9.17) is 10.8 Å². The molecule has 0 aromatic rings. The van der Waals surface area contributed by atoms with Crippen LogP contribution in [0.2, 0.25) is 0 Å². The fourth-order valence-electron chi connectivity index (χ4n) is 1.34. The number of unbranched alkanes of at least 4 members (excludes halogenated alkanes) is 6. The van der Waals surface area contributed by atoms with Crippen LogP contribution in [0.5, 0.6) is 0 Å². The number of hydrogen-bond acceptors (Lipinski definition) is 2. The Kier molecular flexibility index (Phi) is 8.95. The highest BCUT2D eigenvalue weighted by Crippen LogP contribution is 2.08. The number of nitrogens with one attached hydrogen (secondary N) is 2. The van der Waals surface area contributed by atoms with Crippen LogP contribution in [0.3, 0.4) is 0 Å². The van der Waals surface area contributed by atoms with Gasteiger partial charge in [-0.3, -0.25) is 0 Å². The smallest absolute Gasteiger partial charge is 0.0489 e. The third kappa shape index (κ3) is 9.25. The zero-order valence-corrected chi connectivity index (χ0v) is 8.73. The lowest BCUT2D eigenvalue weighted by atomic mass is 10.1. The standard InChI is InChI=1S/C11H22N2/c1-2-3-4-5-6-7-8-9-11(13)10-12/h10,12-13H,2-9H2,1H3. The fourth-order valence-corrected chi connectivity index (χ4v) is 1.34. The Hall–Kier alpha value is -0.660. The van der Waals surface area contributed by atoms with Gasteiger partial charge in [-0.05, 0) is 12.8 Å². The third-order valence-electron chi connectivity index (χ3n) is 2.22. The van der Waals surface area contributed by atoms with Crippen molar-refractivity contribution in [1.82, 2.24) is 0 Å². The van der Waals surface area contributed by atoms with Crippen LogP contribution in [0.25, 0.3) is 0 Å². The summed E-state index contributed by atoms with van der Waals surface area (Å²) in [6, 6.07) is 0. The molecule has 0 spiro atoms. The van der Waals surface area contributed by atoms with Gasteiger partial charge in [0.05, 0.1) is 0 Å². The van der Waals surface area contributed by atoms with Crippen LogP contribution in [0.1, 0.15) is 58.3 Å². The molecule has 0 atom stereocenters. The zero-order valence-electron chi connectivity index (χ0n) is 8.73. The minimum atomic E-state index is 0.466. The van der Waals surface area contributed by atoms with Gasteiger partial charge in [0, 0.05) is 11.9 Å². The zero-order chi connectivity index (χ0) is 9.94. The molecule has 0 aliphatic heterocycles. The topological polar surface area (TPSA) is 47.7 Å². The van der Waals surface area contributed by atoms with Crippen molar-refractivity contribution in [2.75, 3.05) is 0 Å². The van der Waals surface area contributed by atoms with Gasteiger partial charge in [0.2, 0.25) is 0 Å². The van der Waals surface area contributed by atoms with E-state index < -0.39 is 0 Å². The Morgan fingerprint density at radius 3 is 2.08 bits per heavy atom. The molecule has 0 saturated heterocycles. The van der Waals surface area contributed by atoms with E-state index in [0.717, 1.165) is 19.1 Å². The summed E-state index contributed by atoms with van der Waals surface area (Å²) in [5.41, 5.74) is 0.466. The predicted molar refractivity (Wildman–Crippen MR) is 59.1 cm³/mol. The summed E-state index contributed by atoms with van der Waals surface area (Å²) < 4.78 is 0. The van der Waals surface area contributed by atoms with Crippen LogP contribution in [0.4, 0.5) is 0 Å². The summed E-state index contributed by atoms with van der Waals surface area (Å²) in [6.07, 6.45) is 10.9. The van der Waals surface area contributed by atoms with Crippen LogP contribution in [0, 0.1) is 10.8 Å². The van der Waals surface area contributed by atoms with E-state index in [2.05, 4.69) is 6.92 Å². The van der Waals surface area contributed by atoms with Crippen LogP contribution in [-0.2, 0) is 0 Å². The molecule has 0 aromatic heterocycles. The highest BCUT2D eigenvalue weighted by molar-refractivity contribution is 6.27. The summed E-state index contributed by atoms with van der Waals surface area (Å²) in [4.78, 5) is 0. The minimum Gasteiger partial charge on any atom is -0.307 e. The van der Waals surface area contributed by atoms with Gasteiger partial charge in [-0.25, -0.2) is 0 Å². The first-order valence-electron chi connectivity index (χ1n) is 5.39. The SMILES string of the molecule is CCCCCCCCCC(=N)C=N. The van der Waals surface area contributed by atoms with E-state index >= 15 is 0 Å². The lowest BCUT2D eigenvalue weighted by molar-refractivity contribution is 0.595. The van der Waals surface area contributed by atoms with E-state index in [9.17, 15) is 0 Å². The second-order valence-electron chi connectivity index (χ2n) is 3.54. The normalized spacial score (nSPS) is 9.92. The predicted octanol–water partition coefficient (Wildman–Crippen LogP) is 3.80. The molecule has 0 rings (SSSR count). The van der Waals surface area contributed by atoms with Gasteiger partial charge in [-0.15, -0.1) is 0 Å². The second kappa shape index (κ2) is 9.43. The van der Waals surface area contributed by atoms with Gasteiger partial charge in [0.1, 0.15) is 0 Å². The molecule has 76 valence electrons. The van der Waals surface area contributed by atoms with E-state index in [1.54, 1.807) is 0 Å². The summed E-state index contributed by atoms with van der Waals surface area (Å²) in [7, 11) is 0. The Labute approximate surface area is 81.8 Å². The fraction of sp³-hybridized carbons (Fsp3) is 0.818. The first kappa shape index (κ1) is 12.3. The number of hydrogen-bond donors (Lipinski definition) is 2. The molecule has 2 heteroatoms. The first-order valence-corrected chi connectivity index (χ1v) is 5.39. The molecule has 0 bridgehead atoms. The molecule has 0 aliphatic rings. The maximum atomic E-state index is 7.24. The highest BCUT2D eigenvalue weighted by atomic mass is 14.4. The van der Waals surface area contributed by atoms with Gasteiger partial charge < -0.3 is 10.8 Å². The van der Waals surface area contributed by atoms with Crippen molar-refractivity contribution >= 4 is 11.9 Å². The third-order valence-corrected chi connectivity index (χ3v) is 2.22. The summed E-state index contributed by atoms with van der Waals surface area (Å²) >= 11 is 0. The summed E-state index contributed by atoms with van der Waals surface area (Å²) in [5.74, 6) is 0. The van der Waals surface area contributed by atoms with E-state index in [0.29, 0.717) is 5.71 Å². The van der Waals surface area contributed by atoms with Crippen molar-refractivity contribution in [2.24, 2.45) is 0 Å². The van der Waals surface area contributed by atoms with Crippen molar-refractivity contribution in [1.29, 1.82) is 10.8 Å². The number of rotatable bonds is 9. The summed E-state index contributed by atoms with van der Waals surface area (Å²) in [6.45, 7) is 2.23. The largest absolute Gasteiger partial charge is 0.307 e. The Morgan fingerprint density at radius 1 is 1.00 bits per heavy atom. The molecular formula is C11H22N2. The molecule has 0 heterocycles. The van der Waals surface area contributed by atoms with Crippen molar-refractivity contribution in [3.05, 3.63) is 0 Å². The molecule has 13 heavy (non-hydrogen) atoms. The lowest BCUT2D eigenvalue weighted by Gasteiger charge is -1.99. The minimum absolute atomic E-state index is 0.466. The molecule has 2 N–H and O–H groups in total. The second-order valence-corrected chi connectivity index (χ2v) is 3.54. The molecule has 0 saturated carbocycles. The molecule has 0 radical (unpaired) electrons. The Morgan fingerprint density at radius 2 is 1.54 bits per heavy atom. The average Bonchev–Trinajstić information content (AvgIpc) is 2.16. The van der Waals surface area contributed by atoms with Gasteiger partial charge in [0.25, 0.3) is 0 Å². The quantitative estimate of drug-likeness (QED) is 0.402. The van der Waals surface area contributed by atoms with Gasteiger partial charge in [0.15, 0.2) is 0 Å². The molecule has 0 aliphatic carbocycles. The van der Waals surface area contributed by atoms with Crippen molar-refractivity contribution < 1.29 is 0 Å². The van der Waals surface area contributed by atoms with Gasteiger partial charge in [-0.1, -0.05) is 45.4 Å². The van der Waals surface area contributed by atoms with Crippen LogP contribution in [0.15, 0.2) is 0 Å². The van der Waals surface area contributed by atoms with Crippen molar-refractivity contribution in [3.8, 4) is 0 Å². The summed E-state index contributed by atoms with van der Waals surface area (Å²) in [5, 5.41) is 14.1. The maximum absolute atomic E-state index is 7.24. The van der Waals surface area contributed by atoms with E-state index in [1.165, 1.54) is 38.5 Å². The first-order chi connectivity index (χ1) is 6.31. The molecule has 0 amide bonds. The molecule has 0 fully saturated rings. The monoisotopic (exact) mass is 182 g/mol. The van der Waals surface area contributed by atoms with Gasteiger partial charge in [-0.2, -0.15) is 0 Å². The van der Waals surface area contributed by atoms with Crippen LogP contribution >= 0.6 is 0 Å². The maximum Gasteiger partial charge on any atom is 0.0489 e. The Bertz CT molecular complexity index is 141. The highest BCUT2D eigenvalue weighted by Gasteiger charge is 1.93. The molecular weight excluding hydrogens is 160 g/mol. The van der Waals surface area contributed by atoms with Crippen LogP contribution in [-0.4, -0.2) is 11.9 Å². The van der Waals surface area contributed by atoms with Crippen LogP contribution < -0.4 is 0 Å². The molecule has 0 unspecified atom stereocenters.